The van der Waals surface area contributed by atoms with E-state index in [1.165, 1.54) is 12.1 Å². The van der Waals surface area contributed by atoms with Gasteiger partial charge >= 0.3 is 0 Å². The molecule has 21 heavy (non-hydrogen) atoms. The number of amidine groups is 1. The van der Waals surface area contributed by atoms with Crippen LogP contribution in [0.1, 0.15) is 11.6 Å². The predicted octanol–water partition coefficient (Wildman–Crippen LogP) is 2.50. The fraction of sp³-hybridized carbons (Fsp3) is 0.200. The Morgan fingerprint density at radius 2 is 2.05 bits per heavy atom. The van der Waals surface area contributed by atoms with E-state index in [0.29, 0.717) is 0 Å². The second-order valence-electron chi connectivity index (χ2n) is 4.80. The van der Waals surface area contributed by atoms with Crippen molar-refractivity contribution in [2.45, 2.75) is 12.1 Å². The van der Waals surface area contributed by atoms with E-state index in [4.69, 9.17) is 0 Å². The lowest BCUT2D eigenvalue weighted by Crippen LogP contribution is -2.45. The Hall–Kier alpha value is -1.95. The Labute approximate surface area is 130 Å². The summed E-state index contributed by atoms with van der Waals surface area (Å²) in [6, 6.07) is 5.26. The van der Waals surface area contributed by atoms with Gasteiger partial charge in [-0.15, -0.1) is 0 Å². The summed E-state index contributed by atoms with van der Waals surface area (Å²) in [6.45, 7) is 0. The van der Waals surface area contributed by atoms with Crippen LogP contribution in [0.3, 0.4) is 0 Å². The largest absolute Gasteiger partial charge is 0.357 e. The van der Waals surface area contributed by atoms with Gasteiger partial charge in [-0.05, 0) is 45.8 Å². The standard InChI is InChI=1S/C15H13BrFN3O/c1-18-15(21)14-13(9-2-5-11(17)6-3-9)19-12-7-4-10(16)8-20(12)14/h2-8,13-14H,1H3,(H,18,21). The summed E-state index contributed by atoms with van der Waals surface area (Å²) in [4.78, 5) is 18.7. The van der Waals surface area contributed by atoms with Crippen molar-refractivity contribution in [2.75, 3.05) is 7.05 Å². The second-order valence-corrected chi connectivity index (χ2v) is 5.71. The lowest BCUT2D eigenvalue weighted by atomic mass is 9.99. The first kappa shape index (κ1) is 14.0. The summed E-state index contributed by atoms with van der Waals surface area (Å²) in [5.74, 6) is 0.289. The Balaban J connectivity index is 2.02. The molecule has 4 nitrogen and oxygen atoms in total. The molecule has 0 aliphatic carbocycles. The summed E-state index contributed by atoms with van der Waals surface area (Å²) in [5.41, 5.74) is 0.810. The molecule has 0 saturated heterocycles. The highest BCUT2D eigenvalue weighted by atomic mass is 79.9. The highest BCUT2D eigenvalue weighted by Gasteiger charge is 2.40. The third kappa shape index (κ3) is 2.51. The summed E-state index contributed by atoms with van der Waals surface area (Å²) in [5, 5.41) is 2.67. The third-order valence-corrected chi connectivity index (χ3v) is 3.98. The molecule has 2 aliphatic rings. The predicted molar refractivity (Wildman–Crippen MR) is 82.4 cm³/mol. The van der Waals surface area contributed by atoms with Crippen LogP contribution in [0.5, 0.6) is 0 Å². The summed E-state index contributed by atoms with van der Waals surface area (Å²) >= 11 is 3.41. The highest BCUT2D eigenvalue weighted by Crippen LogP contribution is 2.34. The van der Waals surface area contributed by atoms with Gasteiger partial charge in [0.1, 0.15) is 23.7 Å². The summed E-state index contributed by atoms with van der Waals surface area (Å²) in [7, 11) is 1.60. The minimum Gasteiger partial charge on any atom is -0.357 e. The van der Waals surface area contributed by atoms with E-state index < -0.39 is 6.04 Å². The van der Waals surface area contributed by atoms with Crippen LogP contribution in [0.4, 0.5) is 4.39 Å². The Bertz CT molecular complexity index is 666. The number of hydrogen-bond acceptors (Lipinski definition) is 3. The van der Waals surface area contributed by atoms with Crippen LogP contribution in [-0.2, 0) is 4.79 Å². The number of likely N-dealkylation sites (N-methyl/N-ethyl adjacent to an activating group) is 1. The summed E-state index contributed by atoms with van der Waals surface area (Å²) in [6.07, 6.45) is 5.56. The van der Waals surface area contributed by atoms with E-state index in [1.807, 2.05) is 23.3 Å². The van der Waals surface area contributed by atoms with Crippen LogP contribution in [0.25, 0.3) is 0 Å². The van der Waals surface area contributed by atoms with Crippen molar-refractivity contribution in [3.8, 4) is 0 Å². The van der Waals surface area contributed by atoms with Crippen LogP contribution in [0.2, 0.25) is 0 Å². The highest BCUT2D eigenvalue weighted by molar-refractivity contribution is 9.11. The zero-order valence-electron chi connectivity index (χ0n) is 11.3. The number of carbonyl (C=O) groups is 1. The maximum absolute atomic E-state index is 13.1. The molecule has 2 aliphatic heterocycles. The normalized spacial score (nSPS) is 23.5. The van der Waals surface area contributed by atoms with Crippen LogP contribution in [0, 0.1) is 5.82 Å². The van der Waals surface area contributed by atoms with Gasteiger partial charge in [0, 0.05) is 17.7 Å². The lowest BCUT2D eigenvalue weighted by Gasteiger charge is -2.27. The van der Waals surface area contributed by atoms with E-state index in [1.54, 1.807) is 19.2 Å². The lowest BCUT2D eigenvalue weighted by molar-refractivity contribution is -0.124. The number of nitrogens with one attached hydrogen (secondary N) is 1. The van der Waals surface area contributed by atoms with Crippen molar-refractivity contribution in [3.05, 3.63) is 58.5 Å². The molecule has 0 spiro atoms. The molecule has 0 saturated carbocycles. The number of fused-ring (bicyclic) bond motifs is 1. The minimum absolute atomic E-state index is 0.130. The number of aliphatic imine (C=N–C) groups is 1. The van der Waals surface area contributed by atoms with E-state index in [-0.39, 0.29) is 17.8 Å². The zero-order valence-corrected chi connectivity index (χ0v) is 12.8. The van der Waals surface area contributed by atoms with E-state index >= 15 is 0 Å². The number of hydrogen-bond donors (Lipinski definition) is 1. The first-order valence-corrected chi connectivity index (χ1v) is 7.28. The molecule has 108 valence electrons. The van der Waals surface area contributed by atoms with Crippen molar-refractivity contribution in [3.63, 3.8) is 0 Å². The number of carbonyl (C=O) groups excluding carboxylic acids is 1. The first-order chi connectivity index (χ1) is 10.1. The van der Waals surface area contributed by atoms with Crippen molar-refractivity contribution < 1.29 is 9.18 Å². The van der Waals surface area contributed by atoms with Crippen LogP contribution in [-0.4, -0.2) is 29.7 Å². The molecule has 2 unspecified atom stereocenters. The average molecular weight is 350 g/mol. The van der Waals surface area contributed by atoms with Gasteiger partial charge < -0.3 is 10.2 Å². The third-order valence-electron chi connectivity index (χ3n) is 3.52. The molecule has 1 aromatic carbocycles. The Kier molecular flexibility index (Phi) is 3.63. The number of halogens is 2. The topological polar surface area (TPSA) is 44.7 Å². The van der Waals surface area contributed by atoms with Crippen molar-refractivity contribution in [1.82, 2.24) is 10.2 Å². The van der Waals surface area contributed by atoms with Gasteiger partial charge in [-0.3, -0.25) is 9.79 Å². The number of allylic oxidation sites excluding steroid dienone is 2. The van der Waals surface area contributed by atoms with E-state index in [0.717, 1.165) is 15.9 Å². The van der Waals surface area contributed by atoms with Gasteiger partial charge in [0.2, 0.25) is 5.91 Å². The Morgan fingerprint density at radius 3 is 2.71 bits per heavy atom. The SMILES string of the molecule is CNC(=O)C1C(c2ccc(F)cc2)N=C2C=CC(Br)=CN21. The van der Waals surface area contributed by atoms with Gasteiger partial charge in [-0.1, -0.05) is 12.1 Å². The molecule has 0 radical (unpaired) electrons. The minimum atomic E-state index is -0.479. The molecule has 2 atom stereocenters. The van der Waals surface area contributed by atoms with Crippen LogP contribution < -0.4 is 5.32 Å². The number of rotatable bonds is 2. The van der Waals surface area contributed by atoms with Gasteiger partial charge in [-0.25, -0.2) is 4.39 Å². The molecule has 2 heterocycles. The number of amides is 1. The summed E-state index contributed by atoms with van der Waals surface area (Å²) < 4.78 is 14.0. The Morgan fingerprint density at radius 1 is 1.33 bits per heavy atom. The maximum Gasteiger partial charge on any atom is 0.245 e. The fourth-order valence-corrected chi connectivity index (χ4v) is 2.87. The molecule has 0 bridgehead atoms. The van der Waals surface area contributed by atoms with Gasteiger partial charge in [0.05, 0.1) is 0 Å². The average Bonchev–Trinajstić information content (AvgIpc) is 2.85. The molecular formula is C15H13BrFN3O. The van der Waals surface area contributed by atoms with Gasteiger partial charge in [0.15, 0.2) is 0 Å². The molecule has 1 amide bonds. The van der Waals surface area contributed by atoms with Gasteiger partial charge in [-0.2, -0.15) is 0 Å². The molecule has 1 N–H and O–H groups in total. The molecule has 3 rings (SSSR count). The molecule has 0 fully saturated rings. The maximum atomic E-state index is 13.1. The number of benzene rings is 1. The van der Waals surface area contributed by atoms with Gasteiger partial charge in [0.25, 0.3) is 0 Å². The molecule has 6 heteroatoms. The smallest absolute Gasteiger partial charge is 0.245 e. The number of nitrogens with zero attached hydrogens (tertiary/aromatic N) is 2. The fourth-order valence-electron chi connectivity index (χ4n) is 2.51. The quantitative estimate of drug-likeness (QED) is 0.891. The monoisotopic (exact) mass is 349 g/mol. The van der Waals surface area contributed by atoms with E-state index in [9.17, 15) is 9.18 Å². The second kappa shape index (κ2) is 5.44. The molecule has 1 aromatic rings. The molecular weight excluding hydrogens is 337 g/mol. The first-order valence-electron chi connectivity index (χ1n) is 6.49. The van der Waals surface area contributed by atoms with E-state index in [2.05, 4.69) is 26.2 Å². The zero-order chi connectivity index (χ0) is 15.0. The molecule has 0 aromatic heterocycles. The van der Waals surface area contributed by atoms with Crippen molar-refractivity contribution in [1.29, 1.82) is 0 Å². The van der Waals surface area contributed by atoms with Crippen molar-refractivity contribution >= 4 is 27.7 Å². The van der Waals surface area contributed by atoms with Crippen molar-refractivity contribution in [2.24, 2.45) is 4.99 Å². The van der Waals surface area contributed by atoms with Crippen LogP contribution >= 0.6 is 15.9 Å². The van der Waals surface area contributed by atoms with Crippen LogP contribution in [0.15, 0.2) is 52.1 Å².